The van der Waals surface area contributed by atoms with E-state index >= 15 is 0 Å². The van der Waals surface area contributed by atoms with E-state index < -0.39 is 0 Å². The predicted octanol–water partition coefficient (Wildman–Crippen LogP) is 5.09. The van der Waals surface area contributed by atoms with Crippen molar-refractivity contribution in [2.24, 2.45) is 11.8 Å². The first-order valence-electron chi connectivity index (χ1n) is 8.97. The maximum absolute atomic E-state index is 12.6. The molecule has 0 unspecified atom stereocenters. The van der Waals surface area contributed by atoms with Gasteiger partial charge in [-0.3, -0.25) is 4.79 Å². The molecule has 5 heteroatoms. The molecule has 0 saturated heterocycles. The van der Waals surface area contributed by atoms with Crippen molar-refractivity contribution in [2.75, 3.05) is 12.4 Å². The highest BCUT2D eigenvalue weighted by atomic mass is 32.1. The Kier molecular flexibility index (Phi) is 6.84. The van der Waals surface area contributed by atoms with Gasteiger partial charge in [-0.25, -0.2) is 4.79 Å². The average Bonchev–Trinajstić information content (AvgIpc) is 2.86. The summed E-state index contributed by atoms with van der Waals surface area (Å²) in [5.41, 5.74) is 1.40. The number of nitrogens with one attached hydrogen (secondary N) is 1. The lowest BCUT2D eigenvalue weighted by atomic mass is 9.79. The Morgan fingerprint density at radius 2 is 1.88 bits per heavy atom. The Labute approximate surface area is 149 Å². The molecule has 1 heterocycles. The number of hydrogen-bond acceptors (Lipinski definition) is 4. The summed E-state index contributed by atoms with van der Waals surface area (Å²) >= 11 is 1.46. The zero-order valence-electron chi connectivity index (χ0n) is 15.2. The van der Waals surface area contributed by atoms with Crippen LogP contribution in [0.2, 0.25) is 0 Å². The molecule has 1 amide bonds. The average molecular weight is 352 g/mol. The fourth-order valence-electron chi connectivity index (χ4n) is 3.48. The number of rotatable bonds is 6. The Bertz CT molecular complexity index is 586. The Morgan fingerprint density at radius 3 is 2.46 bits per heavy atom. The highest BCUT2D eigenvalue weighted by Gasteiger charge is 2.28. The molecular formula is C19H29NO3S. The number of hydrogen-bond donors (Lipinski definition) is 1. The van der Waals surface area contributed by atoms with E-state index in [1.54, 1.807) is 0 Å². The van der Waals surface area contributed by atoms with Crippen LogP contribution in [-0.2, 0) is 9.53 Å². The van der Waals surface area contributed by atoms with Gasteiger partial charge in [0, 0.05) is 10.8 Å². The molecule has 0 aromatic carbocycles. The maximum Gasteiger partial charge on any atom is 0.341 e. The summed E-state index contributed by atoms with van der Waals surface area (Å²) in [7, 11) is 1.37. The third-order valence-corrected chi connectivity index (χ3v) is 6.32. The van der Waals surface area contributed by atoms with Gasteiger partial charge in [0.25, 0.3) is 0 Å². The number of ether oxygens (including phenoxy) is 1. The highest BCUT2D eigenvalue weighted by Crippen LogP contribution is 2.36. The minimum absolute atomic E-state index is 0.0512. The molecule has 0 bridgehead atoms. The van der Waals surface area contributed by atoms with Gasteiger partial charge < -0.3 is 10.1 Å². The standard InChI is InChI=1S/C19H29NO3S/c1-5-6-7-14-8-10-15(11-9-14)17(21)20-18-16(19(22)23-4)12(2)13(3)24-18/h14-15H,5-11H2,1-4H3,(H,20,21). The van der Waals surface area contributed by atoms with Gasteiger partial charge in [0.05, 0.1) is 12.7 Å². The van der Waals surface area contributed by atoms with Crippen molar-refractivity contribution in [1.29, 1.82) is 0 Å². The molecule has 0 aliphatic heterocycles. The highest BCUT2D eigenvalue weighted by molar-refractivity contribution is 7.16. The van der Waals surface area contributed by atoms with E-state index in [1.165, 1.54) is 37.7 Å². The van der Waals surface area contributed by atoms with Gasteiger partial charge in [-0.1, -0.05) is 26.2 Å². The van der Waals surface area contributed by atoms with Gasteiger partial charge >= 0.3 is 5.97 Å². The first-order valence-corrected chi connectivity index (χ1v) is 9.78. The van der Waals surface area contributed by atoms with Crippen molar-refractivity contribution in [1.82, 2.24) is 0 Å². The lowest BCUT2D eigenvalue weighted by molar-refractivity contribution is -0.121. The van der Waals surface area contributed by atoms with Crippen molar-refractivity contribution in [3.8, 4) is 0 Å². The van der Waals surface area contributed by atoms with Gasteiger partial charge in [0.1, 0.15) is 5.00 Å². The van der Waals surface area contributed by atoms with Crippen LogP contribution in [0.15, 0.2) is 0 Å². The third kappa shape index (κ3) is 4.38. The Balaban J connectivity index is 1.98. The summed E-state index contributed by atoms with van der Waals surface area (Å²) in [4.78, 5) is 25.7. The fraction of sp³-hybridized carbons (Fsp3) is 0.684. The smallest absolute Gasteiger partial charge is 0.341 e. The van der Waals surface area contributed by atoms with E-state index in [2.05, 4.69) is 12.2 Å². The van der Waals surface area contributed by atoms with Crippen LogP contribution in [0.25, 0.3) is 0 Å². The second kappa shape index (κ2) is 8.65. The second-order valence-electron chi connectivity index (χ2n) is 6.83. The number of carbonyl (C=O) groups is 2. The molecule has 0 spiro atoms. The predicted molar refractivity (Wildman–Crippen MR) is 98.7 cm³/mol. The Morgan fingerprint density at radius 1 is 1.21 bits per heavy atom. The number of amides is 1. The van der Waals surface area contributed by atoms with E-state index in [-0.39, 0.29) is 17.8 Å². The zero-order valence-corrected chi connectivity index (χ0v) is 16.1. The van der Waals surface area contributed by atoms with Crippen LogP contribution in [0.5, 0.6) is 0 Å². The lowest BCUT2D eigenvalue weighted by Gasteiger charge is -2.27. The molecule has 0 atom stereocenters. The summed E-state index contributed by atoms with van der Waals surface area (Å²) in [6.07, 6.45) is 8.02. The van der Waals surface area contributed by atoms with Crippen molar-refractivity contribution in [3.63, 3.8) is 0 Å². The minimum atomic E-state index is -0.379. The van der Waals surface area contributed by atoms with Crippen molar-refractivity contribution < 1.29 is 14.3 Å². The van der Waals surface area contributed by atoms with Crippen LogP contribution in [0.3, 0.4) is 0 Å². The third-order valence-electron chi connectivity index (χ3n) is 5.20. The number of unbranched alkanes of at least 4 members (excludes halogenated alkanes) is 1. The summed E-state index contributed by atoms with van der Waals surface area (Å²) in [5.74, 6) is 0.521. The second-order valence-corrected chi connectivity index (χ2v) is 8.05. The SMILES string of the molecule is CCCCC1CCC(C(=O)Nc2sc(C)c(C)c2C(=O)OC)CC1. The number of carbonyl (C=O) groups excluding carboxylic acids is 2. The largest absolute Gasteiger partial charge is 0.465 e. The van der Waals surface area contributed by atoms with E-state index in [0.29, 0.717) is 10.6 Å². The van der Waals surface area contributed by atoms with Crippen molar-refractivity contribution >= 4 is 28.2 Å². The summed E-state index contributed by atoms with van der Waals surface area (Å²) in [6, 6.07) is 0. The number of esters is 1. The first kappa shape index (κ1) is 19.0. The number of aryl methyl sites for hydroxylation is 1. The molecular weight excluding hydrogens is 322 g/mol. The Hall–Kier alpha value is -1.36. The molecule has 134 valence electrons. The maximum atomic E-state index is 12.6. The molecule has 4 nitrogen and oxygen atoms in total. The molecule has 1 aromatic rings. The fourth-order valence-corrected chi connectivity index (χ4v) is 4.53. The van der Waals surface area contributed by atoms with E-state index in [9.17, 15) is 9.59 Å². The lowest BCUT2D eigenvalue weighted by Crippen LogP contribution is -2.27. The van der Waals surface area contributed by atoms with Crippen molar-refractivity contribution in [2.45, 2.75) is 65.7 Å². The molecule has 24 heavy (non-hydrogen) atoms. The minimum Gasteiger partial charge on any atom is -0.465 e. The molecule has 1 saturated carbocycles. The van der Waals surface area contributed by atoms with Gasteiger partial charge in [0.2, 0.25) is 5.91 Å². The monoisotopic (exact) mass is 351 g/mol. The zero-order chi connectivity index (χ0) is 17.7. The molecule has 2 rings (SSSR count). The molecule has 0 radical (unpaired) electrons. The first-order chi connectivity index (χ1) is 11.5. The van der Waals surface area contributed by atoms with Gasteiger partial charge in [-0.2, -0.15) is 0 Å². The number of thiophene rings is 1. The molecule has 1 N–H and O–H groups in total. The van der Waals surface area contributed by atoms with Crippen molar-refractivity contribution in [3.05, 3.63) is 16.0 Å². The van der Waals surface area contributed by atoms with E-state index in [0.717, 1.165) is 42.0 Å². The topological polar surface area (TPSA) is 55.4 Å². The summed E-state index contributed by atoms with van der Waals surface area (Å²) in [6.45, 7) is 6.08. The molecule has 1 aliphatic rings. The molecule has 1 aliphatic carbocycles. The van der Waals surface area contributed by atoms with Crippen LogP contribution < -0.4 is 5.32 Å². The van der Waals surface area contributed by atoms with Gasteiger partial charge in [-0.15, -0.1) is 11.3 Å². The summed E-state index contributed by atoms with van der Waals surface area (Å²) in [5, 5.41) is 3.63. The normalized spacial score (nSPS) is 20.7. The van der Waals surface area contributed by atoms with Crippen LogP contribution in [0, 0.1) is 25.7 Å². The van der Waals surface area contributed by atoms with E-state index in [1.807, 2.05) is 13.8 Å². The van der Waals surface area contributed by atoms with Crippen LogP contribution in [0.1, 0.15) is 72.7 Å². The van der Waals surface area contributed by atoms with Crippen LogP contribution in [0.4, 0.5) is 5.00 Å². The van der Waals surface area contributed by atoms with Crippen LogP contribution >= 0.6 is 11.3 Å². The van der Waals surface area contributed by atoms with Crippen LogP contribution in [-0.4, -0.2) is 19.0 Å². The molecule has 1 aromatic heterocycles. The van der Waals surface area contributed by atoms with E-state index in [4.69, 9.17) is 4.74 Å². The quantitative estimate of drug-likeness (QED) is 0.727. The number of methoxy groups -OCH3 is 1. The van der Waals surface area contributed by atoms with Gasteiger partial charge in [0.15, 0.2) is 0 Å². The summed E-state index contributed by atoms with van der Waals surface area (Å²) < 4.78 is 4.87. The van der Waals surface area contributed by atoms with Gasteiger partial charge in [-0.05, 0) is 51.0 Å². The molecule has 1 fully saturated rings. The number of anilines is 1.